The van der Waals surface area contributed by atoms with Gasteiger partial charge in [0.2, 0.25) is 0 Å². The molecule has 2 N–H and O–H groups in total. The largest absolute Gasteiger partial charge is 0.375 e. The second kappa shape index (κ2) is 2.68. The Morgan fingerprint density at radius 3 is 2.82 bits per heavy atom. The summed E-state index contributed by atoms with van der Waals surface area (Å²) in [7, 11) is 0. The smallest absolute Gasteiger partial charge is 0.181 e. The molecule has 2 rings (SSSR count). The van der Waals surface area contributed by atoms with Crippen molar-refractivity contribution in [3.63, 3.8) is 0 Å². The molecule has 1 aliphatic carbocycles. The fourth-order valence-electron chi connectivity index (χ4n) is 0.849. The van der Waals surface area contributed by atoms with E-state index in [9.17, 15) is 0 Å². The molecule has 2 nitrogen and oxygen atoms in total. The molecule has 0 aromatic carbocycles. The molecule has 0 radical (unpaired) electrons. The number of thiazole rings is 1. The zero-order valence-corrected chi connectivity index (χ0v) is 7.97. The summed E-state index contributed by atoms with van der Waals surface area (Å²) >= 11 is 3.55. The number of aryl methyl sites for hydroxylation is 1. The number of aromatic nitrogens is 1. The van der Waals surface area contributed by atoms with Crippen molar-refractivity contribution in [3.8, 4) is 0 Å². The van der Waals surface area contributed by atoms with Crippen LogP contribution in [0.25, 0.3) is 0 Å². The summed E-state index contributed by atoms with van der Waals surface area (Å²) in [6.07, 6.45) is 2.73. The maximum atomic E-state index is 5.57. The summed E-state index contributed by atoms with van der Waals surface area (Å²) in [5.74, 6) is 0. The van der Waals surface area contributed by atoms with Gasteiger partial charge >= 0.3 is 0 Å². The van der Waals surface area contributed by atoms with Crippen LogP contribution in [0.3, 0.4) is 0 Å². The van der Waals surface area contributed by atoms with Crippen molar-refractivity contribution in [1.29, 1.82) is 0 Å². The molecule has 0 aliphatic heterocycles. The van der Waals surface area contributed by atoms with Gasteiger partial charge in [-0.15, -0.1) is 11.8 Å². The number of nitrogens with two attached hydrogens (primary N) is 1. The highest BCUT2D eigenvalue weighted by Gasteiger charge is 2.24. The monoisotopic (exact) mass is 186 g/mol. The number of hydrogen-bond acceptors (Lipinski definition) is 4. The van der Waals surface area contributed by atoms with Gasteiger partial charge in [0.1, 0.15) is 0 Å². The third kappa shape index (κ3) is 1.68. The average molecular weight is 186 g/mol. The second-order valence-electron chi connectivity index (χ2n) is 2.74. The van der Waals surface area contributed by atoms with Crippen LogP contribution in [0.15, 0.2) is 4.21 Å². The number of hydrogen-bond donors (Lipinski definition) is 1. The standard InChI is InChI=1S/C7H10N2S2/c1-4-6(10-5-2-3-5)11-7(8)9-4/h5H,2-3H2,1H3,(H2,8,9). The Hall–Kier alpha value is -0.220. The molecule has 1 saturated carbocycles. The van der Waals surface area contributed by atoms with Crippen LogP contribution < -0.4 is 5.73 Å². The maximum Gasteiger partial charge on any atom is 0.181 e. The predicted octanol–water partition coefficient (Wildman–Crippen LogP) is 2.29. The molecule has 0 bridgehead atoms. The summed E-state index contributed by atoms with van der Waals surface area (Å²) in [6, 6.07) is 0. The fraction of sp³-hybridized carbons (Fsp3) is 0.571. The van der Waals surface area contributed by atoms with Gasteiger partial charge in [0.05, 0.1) is 9.90 Å². The maximum absolute atomic E-state index is 5.57. The van der Waals surface area contributed by atoms with Crippen molar-refractivity contribution in [3.05, 3.63) is 5.69 Å². The third-order valence-electron chi connectivity index (χ3n) is 1.57. The third-order valence-corrected chi connectivity index (χ3v) is 4.20. The highest BCUT2D eigenvalue weighted by atomic mass is 32.2. The van der Waals surface area contributed by atoms with E-state index in [1.807, 2.05) is 18.7 Å². The molecule has 1 aromatic heterocycles. The molecule has 1 heterocycles. The zero-order chi connectivity index (χ0) is 7.84. The van der Waals surface area contributed by atoms with Gasteiger partial charge in [0.25, 0.3) is 0 Å². The van der Waals surface area contributed by atoms with E-state index >= 15 is 0 Å². The van der Waals surface area contributed by atoms with Crippen LogP contribution in [0.5, 0.6) is 0 Å². The first-order valence-corrected chi connectivity index (χ1v) is 5.35. The lowest BCUT2D eigenvalue weighted by molar-refractivity contribution is 1.21. The summed E-state index contributed by atoms with van der Waals surface area (Å²) in [4.78, 5) is 4.17. The van der Waals surface area contributed by atoms with Gasteiger partial charge in [-0.3, -0.25) is 0 Å². The Balaban J connectivity index is 2.14. The van der Waals surface area contributed by atoms with Gasteiger partial charge in [-0.05, 0) is 19.8 Å². The van der Waals surface area contributed by atoms with Crippen LogP contribution in [0.1, 0.15) is 18.5 Å². The quantitative estimate of drug-likeness (QED) is 0.770. The first-order chi connectivity index (χ1) is 5.25. The van der Waals surface area contributed by atoms with Crippen molar-refractivity contribution in [2.75, 3.05) is 5.73 Å². The van der Waals surface area contributed by atoms with Crippen molar-refractivity contribution >= 4 is 28.2 Å². The number of nitrogens with zero attached hydrogens (tertiary/aromatic N) is 1. The minimum atomic E-state index is 0.700. The zero-order valence-electron chi connectivity index (χ0n) is 6.33. The predicted molar refractivity (Wildman–Crippen MR) is 50.1 cm³/mol. The van der Waals surface area contributed by atoms with Gasteiger partial charge in [-0.25, -0.2) is 4.98 Å². The summed E-state index contributed by atoms with van der Waals surface area (Å²) in [5, 5.41) is 1.55. The van der Waals surface area contributed by atoms with Crippen LogP contribution in [0, 0.1) is 6.92 Å². The molecule has 11 heavy (non-hydrogen) atoms. The molecule has 0 unspecified atom stereocenters. The van der Waals surface area contributed by atoms with Crippen LogP contribution >= 0.6 is 23.1 Å². The number of rotatable bonds is 2. The molecule has 1 aliphatic rings. The van der Waals surface area contributed by atoms with E-state index in [4.69, 9.17) is 5.73 Å². The lowest BCUT2D eigenvalue weighted by Gasteiger charge is -1.92. The van der Waals surface area contributed by atoms with E-state index < -0.39 is 0 Å². The summed E-state index contributed by atoms with van der Waals surface area (Å²) in [6.45, 7) is 2.03. The molecule has 4 heteroatoms. The molecule has 0 saturated heterocycles. The first kappa shape index (κ1) is 7.43. The van der Waals surface area contributed by atoms with E-state index in [-0.39, 0.29) is 0 Å². The summed E-state index contributed by atoms with van der Waals surface area (Å²) in [5.41, 5.74) is 6.67. The SMILES string of the molecule is Cc1nc(N)sc1SC1CC1. The Bertz CT molecular complexity index is 265. The molecule has 0 amide bonds. The van der Waals surface area contributed by atoms with Crippen molar-refractivity contribution in [1.82, 2.24) is 4.98 Å². The molecule has 0 spiro atoms. The highest BCUT2D eigenvalue weighted by molar-refractivity contribution is 8.02. The van der Waals surface area contributed by atoms with E-state index in [1.165, 1.54) is 17.1 Å². The molecule has 0 atom stereocenters. The van der Waals surface area contributed by atoms with Crippen LogP contribution in [-0.2, 0) is 0 Å². The Kier molecular flexibility index (Phi) is 1.81. The molecule has 60 valence electrons. The minimum absolute atomic E-state index is 0.700. The van der Waals surface area contributed by atoms with Crippen molar-refractivity contribution in [2.24, 2.45) is 0 Å². The van der Waals surface area contributed by atoms with Crippen LogP contribution in [0.4, 0.5) is 5.13 Å². The van der Waals surface area contributed by atoms with E-state index in [0.717, 1.165) is 10.9 Å². The molecule has 1 fully saturated rings. The van der Waals surface area contributed by atoms with Gasteiger partial charge in [-0.1, -0.05) is 11.3 Å². The van der Waals surface area contributed by atoms with E-state index in [2.05, 4.69) is 4.98 Å². The van der Waals surface area contributed by atoms with Gasteiger partial charge < -0.3 is 5.73 Å². The highest BCUT2D eigenvalue weighted by Crippen LogP contribution is 2.43. The Morgan fingerprint density at radius 1 is 1.64 bits per heavy atom. The van der Waals surface area contributed by atoms with Crippen LogP contribution in [0.2, 0.25) is 0 Å². The van der Waals surface area contributed by atoms with Crippen molar-refractivity contribution in [2.45, 2.75) is 29.2 Å². The lowest BCUT2D eigenvalue weighted by atomic mass is 10.6. The second-order valence-corrected chi connectivity index (χ2v) is 5.34. The van der Waals surface area contributed by atoms with E-state index in [1.54, 1.807) is 11.3 Å². The lowest BCUT2D eigenvalue weighted by Crippen LogP contribution is -1.80. The van der Waals surface area contributed by atoms with Crippen molar-refractivity contribution < 1.29 is 0 Å². The molecule has 1 aromatic rings. The molecular formula is C7H10N2S2. The number of anilines is 1. The number of nitrogen functional groups attached to an aromatic ring is 1. The summed E-state index contributed by atoms with van der Waals surface area (Å²) < 4.78 is 1.31. The minimum Gasteiger partial charge on any atom is -0.375 e. The topological polar surface area (TPSA) is 38.9 Å². The normalized spacial score (nSPS) is 17.2. The Morgan fingerprint density at radius 2 is 2.36 bits per heavy atom. The first-order valence-electron chi connectivity index (χ1n) is 3.65. The molecular weight excluding hydrogens is 176 g/mol. The van der Waals surface area contributed by atoms with Gasteiger partial charge in [0.15, 0.2) is 5.13 Å². The fourth-order valence-corrected chi connectivity index (χ4v) is 3.16. The average Bonchev–Trinajstić information content (AvgIpc) is 2.64. The van der Waals surface area contributed by atoms with Crippen LogP contribution in [-0.4, -0.2) is 10.2 Å². The van der Waals surface area contributed by atoms with Gasteiger partial charge in [0, 0.05) is 5.25 Å². The van der Waals surface area contributed by atoms with E-state index in [0.29, 0.717) is 5.13 Å². The Labute approximate surface area is 74.2 Å². The van der Waals surface area contributed by atoms with Gasteiger partial charge in [-0.2, -0.15) is 0 Å². The number of thioether (sulfide) groups is 1.